The summed E-state index contributed by atoms with van der Waals surface area (Å²) in [6, 6.07) is 0. The van der Waals surface area contributed by atoms with E-state index in [0.29, 0.717) is 0 Å². The van der Waals surface area contributed by atoms with E-state index in [9.17, 15) is 26.0 Å². The average molecular weight is 211 g/mol. The summed E-state index contributed by atoms with van der Waals surface area (Å²) < 4.78 is 75.3. The average Bonchev–Trinajstić information content (AvgIpc) is 1.85. The lowest BCUT2D eigenvalue weighted by Gasteiger charge is -2.21. The second-order valence-electron chi connectivity index (χ2n) is 1.90. The van der Waals surface area contributed by atoms with Gasteiger partial charge in [-0.3, -0.25) is 4.55 Å². The van der Waals surface area contributed by atoms with Crippen molar-refractivity contribution in [2.75, 3.05) is 6.54 Å². The fraction of sp³-hybridized carbons (Fsp3) is 1.00. The van der Waals surface area contributed by atoms with Crippen LogP contribution < -0.4 is 5.73 Å². The van der Waals surface area contributed by atoms with Crippen molar-refractivity contribution in [2.24, 2.45) is 5.73 Å². The maximum Gasteiger partial charge on any atom is 0.432 e. The highest BCUT2D eigenvalue weighted by atomic mass is 32.2. The van der Waals surface area contributed by atoms with Crippen LogP contribution in [-0.2, 0) is 10.1 Å². The Balaban J connectivity index is 5.13. The monoisotopic (exact) mass is 211 g/mol. The molecular weight excluding hydrogens is 206 g/mol. The number of hydrogen-bond acceptors (Lipinski definition) is 3. The highest BCUT2D eigenvalue weighted by Crippen LogP contribution is 2.37. The number of hydrogen-bond donors (Lipinski definition) is 2. The Kier molecular flexibility index (Phi) is 2.72. The van der Waals surface area contributed by atoms with Crippen LogP contribution in [0.25, 0.3) is 0 Å². The zero-order valence-electron chi connectivity index (χ0n) is 5.47. The van der Waals surface area contributed by atoms with Crippen LogP contribution in [0, 0.1) is 0 Å². The normalized spacial score (nSPS) is 14.8. The summed E-state index contributed by atoms with van der Waals surface area (Å²) in [4.78, 5) is 0. The SMILES string of the molecule is NCC(F)(F)C(F)(F)S(=O)(=O)O. The lowest BCUT2D eigenvalue weighted by molar-refractivity contribution is -0.152. The van der Waals surface area contributed by atoms with Gasteiger partial charge in [-0.05, 0) is 0 Å². The second kappa shape index (κ2) is 2.82. The van der Waals surface area contributed by atoms with E-state index in [0.717, 1.165) is 0 Å². The minimum Gasteiger partial charge on any atom is -0.325 e. The first-order valence-electron chi connectivity index (χ1n) is 2.49. The van der Waals surface area contributed by atoms with E-state index >= 15 is 0 Å². The molecular formula is C3H5F4NO3S. The van der Waals surface area contributed by atoms with Crippen LogP contribution in [0.3, 0.4) is 0 Å². The molecule has 0 bridgehead atoms. The van der Waals surface area contributed by atoms with Gasteiger partial charge in [0.1, 0.15) is 0 Å². The van der Waals surface area contributed by atoms with Crippen molar-refractivity contribution in [1.29, 1.82) is 0 Å². The molecule has 0 aromatic heterocycles. The molecule has 0 aliphatic heterocycles. The van der Waals surface area contributed by atoms with Gasteiger partial charge in [-0.1, -0.05) is 0 Å². The molecule has 4 nitrogen and oxygen atoms in total. The van der Waals surface area contributed by atoms with Crippen LogP contribution in [0.4, 0.5) is 17.6 Å². The third-order valence-electron chi connectivity index (χ3n) is 1.01. The first-order valence-corrected chi connectivity index (χ1v) is 3.93. The Labute approximate surface area is 65.1 Å². The van der Waals surface area contributed by atoms with E-state index in [4.69, 9.17) is 4.55 Å². The molecule has 0 saturated heterocycles. The molecule has 12 heavy (non-hydrogen) atoms. The third kappa shape index (κ3) is 1.67. The van der Waals surface area contributed by atoms with Crippen LogP contribution in [0.2, 0.25) is 0 Å². The van der Waals surface area contributed by atoms with Gasteiger partial charge in [0.2, 0.25) is 0 Å². The van der Waals surface area contributed by atoms with E-state index in [-0.39, 0.29) is 0 Å². The van der Waals surface area contributed by atoms with Gasteiger partial charge in [-0.15, -0.1) is 0 Å². The fourth-order valence-electron chi connectivity index (χ4n) is 0.308. The van der Waals surface area contributed by atoms with Gasteiger partial charge in [-0.25, -0.2) is 0 Å². The maximum atomic E-state index is 12.0. The van der Waals surface area contributed by atoms with Crippen molar-refractivity contribution in [1.82, 2.24) is 0 Å². The van der Waals surface area contributed by atoms with E-state index in [1.807, 2.05) is 0 Å². The minimum atomic E-state index is -6.14. The molecule has 0 amide bonds. The molecule has 0 unspecified atom stereocenters. The van der Waals surface area contributed by atoms with Crippen LogP contribution >= 0.6 is 0 Å². The smallest absolute Gasteiger partial charge is 0.325 e. The molecule has 0 rings (SSSR count). The summed E-state index contributed by atoms with van der Waals surface area (Å²) in [5.74, 6) is -4.97. The summed E-state index contributed by atoms with van der Waals surface area (Å²) in [6.07, 6.45) is 0. The first kappa shape index (κ1) is 11.6. The molecule has 74 valence electrons. The van der Waals surface area contributed by atoms with Gasteiger partial charge >= 0.3 is 21.3 Å². The van der Waals surface area contributed by atoms with Crippen LogP contribution in [0.5, 0.6) is 0 Å². The Morgan fingerprint density at radius 2 is 1.58 bits per heavy atom. The number of nitrogens with two attached hydrogens (primary N) is 1. The molecule has 3 N–H and O–H groups in total. The molecule has 0 aromatic carbocycles. The standard InChI is InChI=1S/C3H5F4NO3S/c4-2(5,1-8)3(6,7)12(9,10)11/h1,8H2,(H,9,10,11). The number of halogens is 4. The molecule has 0 aliphatic rings. The predicted molar refractivity (Wildman–Crippen MR) is 30.5 cm³/mol. The summed E-state index contributed by atoms with van der Waals surface area (Å²) in [5.41, 5.74) is 4.18. The minimum absolute atomic E-state index is 1.88. The van der Waals surface area contributed by atoms with Gasteiger partial charge < -0.3 is 5.73 Å². The lowest BCUT2D eigenvalue weighted by Crippen LogP contribution is -2.51. The molecule has 0 aliphatic carbocycles. The summed E-state index contributed by atoms with van der Waals surface area (Å²) >= 11 is 0. The van der Waals surface area contributed by atoms with Gasteiger partial charge in [0, 0.05) is 0 Å². The van der Waals surface area contributed by atoms with E-state index < -0.39 is 27.8 Å². The molecule has 0 saturated carbocycles. The zero-order valence-corrected chi connectivity index (χ0v) is 6.28. The highest BCUT2D eigenvalue weighted by Gasteiger charge is 2.64. The third-order valence-corrected chi connectivity index (χ3v) is 1.95. The summed E-state index contributed by atoms with van der Waals surface area (Å²) in [5, 5.41) is -5.55. The van der Waals surface area contributed by atoms with Gasteiger partial charge in [0.25, 0.3) is 0 Å². The maximum absolute atomic E-state index is 12.0. The quantitative estimate of drug-likeness (QED) is 0.511. The van der Waals surface area contributed by atoms with Crippen molar-refractivity contribution >= 4 is 10.1 Å². The van der Waals surface area contributed by atoms with Crippen LogP contribution in [0.1, 0.15) is 0 Å². The molecule has 0 spiro atoms. The predicted octanol–water partition coefficient (Wildman–Crippen LogP) is 0.0610. The Morgan fingerprint density at radius 3 is 1.67 bits per heavy atom. The molecule has 9 heteroatoms. The van der Waals surface area contributed by atoms with E-state index in [1.165, 1.54) is 0 Å². The number of rotatable bonds is 3. The fourth-order valence-corrected chi connectivity index (χ4v) is 0.768. The van der Waals surface area contributed by atoms with Gasteiger partial charge in [0.05, 0.1) is 6.54 Å². The van der Waals surface area contributed by atoms with Crippen molar-refractivity contribution in [3.63, 3.8) is 0 Å². The lowest BCUT2D eigenvalue weighted by atomic mass is 10.3. The highest BCUT2D eigenvalue weighted by molar-refractivity contribution is 7.87. The Hall–Kier alpha value is -0.410. The van der Waals surface area contributed by atoms with Crippen molar-refractivity contribution in [3.8, 4) is 0 Å². The zero-order chi connectivity index (χ0) is 10.2. The first-order chi connectivity index (χ1) is 5.06. The van der Waals surface area contributed by atoms with Gasteiger partial charge in [-0.2, -0.15) is 26.0 Å². The van der Waals surface area contributed by atoms with Crippen molar-refractivity contribution in [2.45, 2.75) is 11.2 Å². The van der Waals surface area contributed by atoms with E-state index in [2.05, 4.69) is 5.73 Å². The number of alkyl halides is 4. The Bertz CT molecular complexity index is 261. The largest absolute Gasteiger partial charge is 0.432 e. The van der Waals surface area contributed by atoms with Crippen molar-refractivity contribution in [3.05, 3.63) is 0 Å². The molecule has 0 radical (unpaired) electrons. The molecule has 0 aromatic rings. The molecule has 0 fully saturated rings. The summed E-state index contributed by atoms with van der Waals surface area (Å²) in [6.45, 7) is -1.88. The molecule has 0 atom stereocenters. The second-order valence-corrected chi connectivity index (χ2v) is 3.36. The van der Waals surface area contributed by atoms with Crippen LogP contribution in [0.15, 0.2) is 0 Å². The Morgan fingerprint density at radius 1 is 1.25 bits per heavy atom. The summed E-state index contributed by atoms with van der Waals surface area (Å²) in [7, 11) is -6.14. The topological polar surface area (TPSA) is 80.4 Å². The van der Waals surface area contributed by atoms with Gasteiger partial charge in [0.15, 0.2) is 0 Å². The van der Waals surface area contributed by atoms with Crippen molar-refractivity contribution < 1.29 is 30.5 Å². The van der Waals surface area contributed by atoms with Crippen LogP contribution in [-0.4, -0.2) is 30.7 Å². The molecule has 0 heterocycles. The van der Waals surface area contributed by atoms with E-state index in [1.54, 1.807) is 0 Å².